The number of quaternary nitrogens is 1. The predicted octanol–water partition coefficient (Wildman–Crippen LogP) is 14.3. The minimum absolute atomic E-state index is 0.0649. The third-order valence-corrected chi connectivity index (χ3v) is 12.5. The molecule has 3 unspecified atom stereocenters. The van der Waals surface area contributed by atoms with Crippen LogP contribution in [0.1, 0.15) is 245 Å². The maximum absolute atomic E-state index is 12.9. The molecular weight excluding hydrogens is 744 g/mol. The maximum atomic E-state index is 12.9. The van der Waals surface area contributed by atoms with E-state index in [-0.39, 0.29) is 19.1 Å². The van der Waals surface area contributed by atoms with Crippen molar-refractivity contribution in [2.75, 3.05) is 40.9 Å². The highest BCUT2D eigenvalue weighted by Crippen LogP contribution is 2.43. The van der Waals surface area contributed by atoms with E-state index in [0.29, 0.717) is 17.4 Å². The molecule has 0 aliphatic rings. The Bertz CT molecular complexity index is 958. The summed E-state index contributed by atoms with van der Waals surface area (Å²) >= 11 is 0. The number of carbonyl (C=O) groups is 1. The fraction of sp³-hybridized carbons (Fsp3) is 0.939. The minimum Gasteiger partial charge on any atom is -0.387 e. The standard InChI is InChI=1S/C49H99N2O6P/c1-6-8-10-12-14-16-18-20-22-24-25-27-29-31-33-35-37-39-41-43-49(53)50-47(46-57-58(54,55)56-45-44-51(3,4)5)48(52)42-40-38-36-34-32-30-28-26-23-21-19-17-15-13-11-9-7-2/h40,42,47-48,52H,6-39,41,43-46H2,1-5H3,(H-,50,53,54,55)/p+1/b42-40+. The van der Waals surface area contributed by atoms with Gasteiger partial charge in [-0.2, -0.15) is 0 Å². The van der Waals surface area contributed by atoms with E-state index in [9.17, 15) is 19.4 Å². The fourth-order valence-electron chi connectivity index (χ4n) is 7.51. The van der Waals surface area contributed by atoms with Crippen LogP contribution in [0, 0.1) is 0 Å². The number of rotatable bonds is 46. The number of amides is 1. The molecule has 0 aromatic heterocycles. The Morgan fingerprint density at radius 2 is 0.914 bits per heavy atom. The first-order valence-electron chi connectivity index (χ1n) is 25.1. The number of unbranched alkanes of at least 4 members (excludes halogenated alkanes) is 33. The molecule has 1 amide bonds. The number of carbonyl (C=O) groups excluding carboxylic acids is 1. The number of hydrogen-bond donors (Lipinski definition) is 3. The number of allylic oxidation sites excluding steroid dienone is 1. The summed E-state index contributed by atoms with van der Waals surface area (Å²) in [5.74, 6) is -0.172. The van der Waals surface area contributed by atoms with Gasteiger partial charge in [-0.3, -0.25) is 13.8 Å². The van der Waals surface area contributed by atoms with Crippen molar-refractivity contribution in [3.8, 4) is 0 Å². The molecule has 0 aliphatic carbocycles. The predicted molar refractivity (Wildman–Crippen MR) is 249 cm³/mol. The lowest BCUT2D eigenvalue weighted by Gasteiger charge is -2.25. The zero-order valence-corrected chi connectivity index (χ0v) is 40.2. The zero-order chi connectivity index (χ0) is 42.8. The van der Waals surface area contributed by atoms with Gasteiger partial charge in [-0.25, -0.2) is 4.57 Å². The molecule has 0 aromatic carbocycles. The molecule has 0 saturated carbocycles. The van der Waals surface area contributed by atoms with E-state index in [4.69, 9.17) is 9.05 Å². The molecule has 3 atom stereocenters. The van der Waals surface area contributed by atoms with Gasteiger partial charge in [0.25, 0.3) is 0 Å². The molecule has 0 radical (unpaired) electrons. The number of aliphatic hydroxyl groups is 1. The molecule has 346 valence electrons. The van der Waals surface area contributed by atoms with E-state index in [1.807, 2.05) is 27.2 Å². The SMILES string of the molecule is CCCCCCCCCCCCCCCCC/C=C/C(O)C(COP(=O)(O)OCC[N+](C)(C)C)NC(=O)CCCCCCCCCCCCCCCCCCCCC. The number of nitrogens with one attached hydrogen (secondary N) is 1. The number of phosphoric acid groups is 1. The van der Waals surface area contributed by atoms with E-state index in [1.54, 1.807) is 6.08 Å². The summed E-state index contributed by atoms with van der Waals surface area (Å²) in [6.45, 7) is 4.85. The topological polar surface area (TPSA) is 105 Å². The van der Waals surface area contributed by atoms with Crippen LogP contribution < -0.4 is 5.32 Å². The van der Waals surface area contributed by atoms with Crippen molar-refractivity contribution in [2.45, 2.75) is 257 Å². The van der Waals surface area contributed by atoms with Crippen LogP contribution in [0.3, 0.4) is 0 Å². The van der Waals surface area contributed by atoms with Crippen molar-refractivity contribution in [1.29, 1.82) is 0 Å². The van der Waals surface area contributed by atoms with Crippen molar-refractivity contribution in [1.82, 2.24) is 5.32 Å². The zero-order valence-electron chi connectivity index (χ0n) is 39.3. The molecule has 3 N–H and O–H groups in total. The highest BCUT2D eigenvalue weighted by atomic mass is 31.2. The summed E-state index contributed by atoms with van der Waals surface area (Å²) in [6.07, 6.45) is 48.5. The van der Waals surface area contributed by atoms with Crippen LogP contribution in [-0.2, 0) is 18.4 Å². The van der Waals surface area contributed by atoms with Gasteiger partial charge in [-0.15, -0.1) is 0 Å². The Morgan fingerprint density at radius 3 is 1.28 bits per heavy atom. The van der Waals surface area contributed by atoms with Gasteiger partial charge in [0.1, 0.15) is 13.2 Å². The van der Waals surface area contributed by atoms with Gasteiger partial charge in [0.15, 0.2) is 0 Å². The molecule has 0 bridgehead atoms. The van der Waals surface area contributed by atoms with Gasteiger partial charge in [-0.05, 0) is 19.3 Å². The Morgan fingerprint density at radius 1 is 0.569 bits per heavy atom. The lowest BCUT2D eigenvalue weighted by Crippen LogP contribution is -2.45. The quantitative estimate of drug-likeness (QED) is 0.0244. The summed E-state index contributed by atoms with van der Waals surface area (Å²) in [5.41, 5.74) is 0. The fourth-order valence-corrected chi connectivity index (χ4v) is 8.25. The Balaban J connectivity index is 4.30. The summed E-state index contributed by atoms with van der Waals surface area (Å²) in [4.78, 5) is 23.2. The summed E-state index contributed by atoms with van der Waals surface area (Å²) in [6, 6.07) is -0.840. The first-order valence-corrected chi connectivity index (χ1v) is 26.6. The van der Waals surface area contributed by atoms with Gasteiger partial charge in [-0.1, -0.05) is 231 Å². The average Bonchev–Trinajstić information content (AvgIpc) is 3.17. The van der Waals surface area contributed by atoms with Crippen LogP contribution >= 0.6 is 7.82 Å². The van der Waals surface area contributed by atoms with Gasteiger partial charge in [0.05, 0.1) is 39.9 Å². The molecule has 0 aliphatic heterocycles. The van der Waals surface area contributed by atoms with Crippen LogP contribution in [-0.4, -0.2) is 73.4 Å². The number of phosphoric ester groups is 1. The van der Waals surface area contributed by atoms with Crippen molar-refractivity contribution < 1.29 is 32.9 Å². The van der Waals surface area contributed by atoms with Crippen LogP contribution in [0.15, 0.2) is 12.2 Å². The van der Waals surface area contributed by atoms with E-state index < -0.39 is 20.0 Å². The first-order chi connectivity index (χ1) is 28.0. The van der Waals surface area contributed by atoms with Crippen molar-refractivity contribution in [2.24, 2.45) is 0 Å². The molecule has 9 heteroatoms. The first kappa shape index (κ1) is 57.2. The number of aliphatic hydroxyl groups excluding tert-OH is 1. The van der Waals surface area contributed by atoms with Crippen LogP contribution in [0.25, 0.3) is 0 Å². The molecule has 0 fully saturated rings. The molecule has 8 nitrogen and oxygen atoms in total. The maximum Gasteiger partial charge on any atom is 0.472 e. The summed E-state index contributed by atoms with van der Waals surface area (Å²) in [5, 5.41) is 13.9. The van der Waals surface area contributed by atoms with Gasteiger partial charge < -0.3 is 19.8 Å². The van der Waals surface area contributed by atoms with Crippen molar-refractivity contribution in [3.05, 3.63) is 12.2 Å². The Labute approximate surface area is 361 Å². The number of hydrogen-bond acceptors (Lipinski definition) is 5. The summed E-state index contributed by atoms with van der Waals surface area (Å²) < 4.78 is 23.6. The van der Waals surface area contributed by atoms with Crippen LogP contribution in [0.5, 0.6) is 0 Å². The molecule has 0 aromatic rings. The number of nitrogens with zero attached hydrogens (tertiary/aromatic N) is 1. The third kappa shape index (κ3) is 43.3. The molecule has 0 saturated heterocycles. The van der Waals surface area contributed by atoms with E-state index >= 15 is 0 Å². The molecule has 0 spiro atoms. The van der Waals surface area contributed by atoms with Gasteiger partial charge >= 0.3 is 7.82 Å². The van der Waals surface area contributed by atoms with Crippen molar-refractivity contribution in [3.63, 3.8) is 0 Å². The highest BCUT2D eigenvalue weighted by Gasteiger charge is 2.27. The summed E-state index contributed by atoms with van der Waals surface area (Å²) in [7, 11) is 1.59. The van der Waals surface area contributed by atoms with Crippen molar-refractivity contribution >= 4 is 13.7 Å². The minimum atomic E-state index is -4.34. The Kier molecular flexibility index (Phi) is 41.0. The van der Waals surface area contributed by atoms with Crippen LogP contribution in [0.4, 0.5) is 0 Å². The van der Waals surface area contributed by atoms with E-state index in [0.717, 1.165) is 32.1 Å². The lowest BCUT2D eigenvalue weighted by atomic mass is 10.0. The Hall–Kier alpha value is -0.760. The number of likely N-dealkylation sites (N-methyl/N-ethyl adjacent to an activating group) is 1. The largest absolute Gasteiger partial charge is 0.472 e. The normalized spacial score (nSPS) is 14.3. The van der Waals surface area contributed by atoms with Crippen LogP contribution in [0.2, 0.25) is 0 Å². The van der Waals surface area contributed by atoms with E-state index in [1.165, 1.54) is 193 Å². The molecule has 0 rings (SSSR count). The molecule has 58 heavy (non-hydrogen) atoms. The lowest BCUT2D eigenvalue weighted by molar-refractivity contribution is -0.870. The average molecular weight is 844 g/mol. The molecule has 0 heterocycles. The smallest absolute Gasteiger partial charge is 0.387 e. The van der Waals surface area contributed by atoms with Gasteiger partial charge in [0, 0.05) is 6.42 Å². The second kappa shape index (κ2) is 41.6. The van der Waals surface area contributed by atoms with E-state index in [2.05, 4.69) is 19.2 Å². The van der Waals surface area contributed by atoms with Gasteiger partial charge in [0.2, 0.25) is 5.91 Å². The second-order valence-corrected chi connectivity index (χ2v) is 20.0. The third-order valence-electron chi connectivity index (χ3n) is 11.5. The monoisotopic (exact) mass is 844 g/mol. The molecular formula is C49H100N2O6P+. The highest BCUT2D eigenvalue weighted by molar-refractivity contribution is 7.47. The second-order valence-electron chi connectivity index (χ2n) is 18.6.